The van der Waals surface area contributed by atoms with Crippen LogP contribution >= 0.6 is 0 Å². The lowest BCUT2D eigenvalue weighted by Gasteiger charge is -2.29. The Kier molecular flexibility index (Phi) is 4.54. The summed E-state index contributed by atoms with van der Waals surface area (Å²) in [5, 5.41) is 4.71. The van der Waals surface area contributed by atoms with Crippen LogP contribution in [-0.4, -0.2) is 46.1 Å². The Bertz CT molecular complexity index is 1930. The van der Waals surface area contributed by atoms with Gasteiger partial charge in [0.1, 0.15) is 17.1 Å². The Morgan fingerprint density at radius 3 is 2.60 bits per heavy atom. The van der Waals surface area contributed by atoms with E-state index in [1.165, 1.54) is 0 Å². The van der Waals surface area contributed by atoms with Gasteiger partial charge in [-0.1, -0.05) is 18.2 Å². The molecule has 8 heteroatoms. The number of likely N-dealkylation sites (tertiary alicyclic amines) is 1. The number of aromatic nitrogens is 2. The normalized spacial score (nSPS) is 20.6. The van der Waals surface area contributed by atoms with Crippen LogP contribution in [0.1, 0.15) is 43.3 Å². The summed E-state index contributed by atoms with van der Waals surface area (Å²) in [5.41, 5.74) is 5.35. The molecule has 0 radical (unpaired) electrons. The van der Waals surface area contributed by atoms with Crippen LogP contribution in [0.15, 0.2) is 84.6 Å². The van der Waals surface area contributed by atoms with Gasteiger partial charge in [0.05, 0.1) is 7.11 Å². The van der Waals surface area contributed by atoms with E-state index in [-0.39, 0.29) is 28.9 Å². The summed E-state index contributed by atoms with van der Waals surface area (Å²) in [4.78, 5) is 47.8. The number of H-pyrrole nitrogens is 2. The van der Waals surface area contributed by atoms with Gasteiger partial charge < -0.3 is 24.9 Å². The van der Waals surface area contributed by atoms with Crippen molar-refractivity contribution in [3.8, 4) is 5.75 Å². The van der Waals surface area contributed by atoms with Gasteiger partial charge in [0.15, 0.2) is 5.78 Å². The van der Waals surface area contributed by atoms with Crippen LogP contribution in [-0.2, 0) is 5.41 Å². The third-order valence-corrected chi connectivity index (χ3v) is 8.63. The predicted molar refractivity (Wildman–Crippen MR) is 151 cm³/mol. The van der Waals surface area contributed by atoms with Crippen molar-refractivity contribution < 1.29 is 19.1 Å². The molecule has 8 nitrogen and oxygen atoms in total. The summed E-state index contributed by atoms with van der Waals surface area (Å²) in [6.07, 6.45) is 2.56. The van der Waals surface area contributed by atoms with Gasteiger partial charge in [0.2, 0.25) is 0 Å². The third-order valence-electron chi connectivity index (χ3n) is 8.63. The first-order valence-corrected chi connectivity index (χ1v) is 13.2. The van der Waals surface area contributed by atoms with Gasteiger partial charge >= 0.3 is 0 Å². The molecule has 3 heterocycles. The maximum Gasteiger partial charge on any atom is 0.274 e. The second-order valence-corrected chi connectivity index (χ2v) is 10.8. The minimum atomic E-state index is -0.306. The fourth-order valence-corrected chi connectivity index (χ4v) is 6.59. The second kappa shape index (κ2) is 7.95. The molecular formula is C32H24N4O4. The molecule has 2 amide bonds. The van der Waals surface area contributed by atoms with Crippen molar-refractivity contribution in [3.63, 3.8) is 0 Å². The molecule has 0 bridgehead atoms. The van der Waals surface area contributed by atoms with Gasteiger partial charge in [-0.2, -0.15) is 0 Å². The highest BCUT2D eigenvalue weighted by Gasteiger charge is 2.67. The molecule has 2 fully saturated rings. The number of nitrogens with one attached hydrogen (secondary N) is 3. The monoisotopic (exact) mass is 528 g/mol. The van der Waals surface area contributed by atoms with Gasteiger partial charge in [-0.3, -0.25) is 14.4 Å². The zero-order chi connectivity index (χ0) is 27.2. The number of rotatable bonds is 4. The zero-order valence-corrected chi connectivity index (χ0v) is 21.6. The summed E-state index contributed by atoms with van der Waals surface area (Å²) in [7, 11) is 1.62. The molecule has 3 N–H and O–H groups in total. The molecule has 3 aliphatic rings. The van der Waals surface area contributed by atoms with Crippen molar-refractivity contribution in [2.45, 2.75) is 11.8 Å². The number of ether oxygens (including phenoxy) is 1. The number of methoxy groups -OCH3 is 1. The Balaban J connectivity index is 1.07. The number of ketones is 1. The van der Waals surface area contributed by atoms with Crippen molar-refractivity contribution in [1.29, 1.82) is 0 Å². The molecule has 1 spiro atoms. The summed E-state index contributed by atoms with van der Waals surface area (Å²) < 4.78 is 5.43. The number of hydrogen-bond donors (Lipinski definition) is 3. The van der Waals surface area contributed by atoms with Gasteiger partial charge in [-0.25, -0.2) is 0 Å². The largest absolute Gasteiger partial charge is 0.497 e. The topological polar surface area (TPSA) is 107 Å². The van der Waals surface area contributed by atoms with Crippen LogP contribution in [0.4, 0.5) is 5.69 Å². The second-order valence-electron chi connectivity index (χ2n) is 10.8. The first kappa shape index (κ1) is 22.8. The van der Waals surface area contributed by atoms with Crippen LogP contribution in [0.2, 0.25) is 0 Å². The summed E-state index contributed by atoms with van der Waals surface area (Å²) >= 11 is 0. The number of aromatic amines is 2. The molecule has 1 aliphatic heterocycles. The molecule has 8 rings (SSSR count). The number of anilines is 1. The number of benzene rings is 3. The Morgan fingerprint density at radius 1 is 0.950 bits per heavy atom. The van der Waals surface area contributed by atoms with Gasteiger partial charge in [0, 0.05) is 56.8 Å². The van der Waals surface area contributed by atoms with Crippen LogP contribution < -0.4 is 10.1 Å². The SMILES string of the molecule is COc1ccc2c(c1)[C@]13C[C@H]1CN(C(=O)c1cc4cc(NC(=O)c5cc6ccccc6[nH]5)ccc4[nH]1)C3=CC2=O. The predicted octanol–water partition coefficient (Wildman–Crippen LogP) is 5.40. The van der Waals surface area contributed by atoms with Gasteiger partial charge in [-0.15, -0.1) is 0 Å². The third kappa shape index (κ3) is 3.16. The average molecular weight is 529 g/mol. The Morgan fingerprint density at radius 2 is 1.75 bits per heavy atom. The van der Waals surface area contributed by atoms with Crippen LogP contribution in [0.5, 0.6) is 5.75 Å². The van der Waals surface area contributed by atoms with Crippen molar-refractivity contribution in [2.75, 3.05) is 19.0 Å². The molecule has 2 aliphatic carbocycles. The van der Waals surface area contributed by atoms with E-state index in [0.29, 0.717) is 34.9 Å². The van der Waals surface area contributed by atoms with E-state index in [2.05, 4.69) is 15.3 Å². The quantitative estimate of drug-likeness (QED) is 0.290. The highest BCUT2D eigenvalue weighted by molar-refractivity contribution is 6.10. The fourth-order valence-electron chi connectivity index (χ4n) is 6.59. The molecule has 2 aromatic heterocycles. The van der Waals surface area contributed by atoms with Crippen molar-refractivity contribution in [1.82, 2.24) is 14.9 Å². The first-order chi connectivity index (χ1) is 19.4. The minimum Gasteiger partial charge on any atom is -0.497 e. The lowest BCUT2D eigenvalue weighted by atomic mass is 9.81. The summed E-state index contributed by atoms with van der Waals surface area (Å²) in [5.74, 6) is 0.486. The van der Waals surface area contributed by atoms with Crippen LogP contribution in [0.25, 0.3) is 21.8 Å². The smallest absolute Gasteiger partial charge is 0.274 e. The van der Waals surface area contributed by atoms with E-state index in [4.69, 9.17) is 4.74 Å². The first-order valence-electron chi connectivity index (χ1n) is 13.2. The van der Waals surface area contributed by atoms with Gasteiger partial charge in [-0.05, 0) is 72.5 Å². The van der Waals surface area contributed by atoms with Crippen molar-refractivity contribution >= 4 is 45.1 Å². The molecule has 2 atom stereocenters. The summed E-state index contributed by atoms with van der Waals surface area (Å²) in [6, 6.07) is 22.4. The maximum absolute atomic E-state index is 13.8. The van der Waals surface area contributed by atoms with Crippen molar-refractivity contribution in [2.24, 2.45) is 5.92 Å². The maximum atomic E-state index is 13.8. The van der Waals surface area contributed by atoms with E-state index >= 15 is 0 Å². The standard InChI is InChI=1S/C32H24N4O4/c1-40-21-7-8-22-23(13-21)32-15-19(32)16-36(29(32)14-28(22)37)31(39)27-12-18-10-20(6-9-25(18)35-27)33-30(38)26-11-17-4-2-3-5-24(17)34-26/h2-14,19,34-35H,15-16H2,1H3,(H,33,38)/t19-,32-/m0/s1. The van der Waals surface area contributed by atoms with Gasteiger partial charge in [0.25, 0.3) is 11.8 Å². The lowest BCUT2D eigenvalue weighted by molar-refractivity contribution is 0.0806. The molecule has 40 heavy (non-hydrogen) atoms. The van der Waals surface area contributed by atoms with E-state index in [1.54, 1.807) is 30.2 Å². The number of piperidine rings is 1. The number of para-hydroxylation sites is 1. The lowest BCUT2D eigenvalue weighted by Crippen LogP contribution is -2.33. The van der Waals surface area contributed by atoms with Crippen molar-refractivity contribution in [3.05, 3.63) is 107 Å². The Hall–Kier alpha value is -5.11. The fraction of sp³-hybridized carbons (Fsp3) is 0.156. The van der Waals surface area contributed by atoms with Crippen LogP contribution in [0.3, 0.4) is 0 Å². The molecule has 196 valence electrons. The van der Waals surface area contributed by atoms with E-state index in [1.807, 2.05) is 60.7 Å². The molecular weight excluding hydrogens is 504 g/mol. The molecule has 1 saturated heterocycles. The number of allylic oxidation sites excluding steroid dienone is 2. The highest BCUT2D eigenvalue weighted by atomic mass is 16.5. The highest BCUT2D eigenvalue weighted by Crippen LogP contribution is 2.67. The number of fused-ring (bicyclic) bond motifs is 3. The summed E-state index contributed by atoms with van der Waals surface area (Å²) in [6.45, 7) is 0.565. The van der Waals surface area contributed by atoms with E-state index < -0.39 is 0 Å². The number of carbonyl (C=O) groups excluding carboxylic acids is 3. The minimum absolute atomic E-state index is 0.0874. The van der Waals surface area contributed by atoms with E-state index in [0.717, 1.165) is 39.5 Å². The Labute approximate surface area is 228 Å². The average Bonchev–Trinajstić information content (AvgIpc) is 3.27. The zero-order valence-electron chi connectivity index (χ0n) is 21.6. The van der Waals surface area contributed by atoms with Crippen LogP contribution in [0, 0.1) is 5.92 Å². The molecule has 3 aromatic carbocycles. The number of amides is 2. The molecule has 1 saturated carbocycles. The number of hydrogen-bond acceptors (Lipinski definition) is 4. The van der Waals surface area contributed by atoms with E-state index in [9.17, 15) is 14.4 Å². The number of carbonyl (C=O) groups is 3. The number of nitrogens with zero attached hydrogens (tertiary/aromatic N) is 1. The molecule has 0 unspecified atom stereocenters. The molecule has 5 aromatic rings.